The highest BCUT2D eigenvalue weighted by Crippen LogP contribution is 2.38. The van der Waals surface area contributed by atoms with Crippen molar-refractivity contribution < 1.29 is 5.11 Å². The van der Waals surface area contributed by atoms with E-state index in [1.54, 1.807) is 6.20 Å². The van der Waals surface area contributed by atoms with Crippen molar-refractivity contribution in [3.8, 4) is 0 Å². The third kappa shape index (κ3) is 2.43. The van der Waals surface area contributed by atoms with E-state index in [-0.39, 0.29) is 0 Å². The van der Waals surface area contributed by atoms with Crippen molar-refractivity contribution in [2.24, 2.45) is 11.8 Å². The van der Waals surface area contributed by atoms with Gasteiger partial charge in [-0.05, 0) is 43.2 Å². The van der Waals surface area contributed by atoms with Gasteiger partial charge in [-0.15, -0.1) is 0 Å². The lowest BCUT2D eigenvalue weighted by Gasteiger charge is -2.40. The predicted molar refractivity (Wildman–Crippen MR) is 65.1 cm³/mol. The summed E-state index contributed by atoms with van der Waals surface area (Å²) in [5.41, 5.74) is 0.465. The predicted octanol–water partition coefficient (Wildman–Crippen LogP) is 2.81. The maximum Gasteiger partial charge on any atom is 0.0728 e. The van der Waals surface area contributed by atoms with Crippen molar-refractivity contribution >= 4 is 0 Å². The minimum absolute atomic E-state index is 0.373. The molecule has 88 valence electrons. The van der Waals surface area contributed by atoms with Gasteiger partial charge in [-0.25, -0.2) is 0 Å². The van der Waals surface area contributed by atoms with Crippen molar-refractivity contribution in [1.29, 1.82) is 0 Å². The van der Waals surface area contributed by atoms with Crippen LogP contribution in [0.5, 0.6) is 0 Å². The number of aromatic nitrogens is 1. The Balaban J connectivity index is 2.08. The zero-order valence-electron chi connectivity index (χ0n) is 10.2. The van der Waals surface area contributed by atoms with Crippen molar-refractivity contribution in [3.63, 3.8) is 0 Å². The summed E-state index contributed by atoms with van der Waals surface area (Å²) in [4.78, 5) is 4.31. The van der Waals surface area contributed by atoms with Crippen LogP contribution in [0.3, 0.4) is 0 Å². The standard InChI is InChI=1S/C14H21NO/c1-11-6-7-14(16,12(2)9-11)10-13-5-3-4-8-15-13/h3-5,8,11-12,16H,6-7,9-10H2,1-2H3. The van der Waals surface area contributed by atoms with E-state index in [9.17, 15) is 5.11 Å². The van der Waals surface area contributed by atoms with E-state index in [0.29, 0.717) is 12.3 Å². The van der Waals surface area contributed by atoms with E-state index >= 15 is 0 Å². The molecule has 0 aliphatic heterocycles. The van der Waals surface area contributed by atoms with E-state index < -0.39 is 5.60 Å². The molecule has 0 bridgehead atoms. The van der Waals surface area contributed by atoms with E-state index in [0.717, 1.165) is 30.9 Å². The first kappa shape index (κ1) is 11.6. The number of hydrogen-bond donors (Lipinski definition) is 1. The summed E-state index contributed by atoms with van der Waals surface area (Å²) in [5, 5.41) is 10.7. The normalized spacial score (nSPS) is 34.9. The van der Waals surface area contributed by atoms with E-state index in [2.05, 4.69) is 18.8 Å². The fraction of sp³-hybridized carbons (Fsp3) is 0.643. The Morgan fingerprint density at radius 2 is 2.25 bits per heavy atom. The van der Waals surface area contributed by atoms with Crippen molar-refractivity contribution in [3.05, 3.63) is 30.1 Å². The van der Waals surface area contributed by atoms with Crippen LogP contribution in [-0.2, 0) is 6.42 Å². The summed E-state index contributed by atoms with van der Waals surface area (Å²) in [6.07, 6.45) is 5.67. The molecule has 1 aliphatic rings. The van der Waals surface area contributed by atoms with Gasteiger partial charge in [0.25, 0.3) is 0 Å². The van der Waals surface area contributed by atoms with Crippen LogP contribution >= 0.6 is 0 Å². The number of aliphatic hydroxyl groups is 1. The molecule has 0 amide bonds. The fourth-order valence-corrected chi connectivity index (χ4v) is 2.76. The van der Waals surface area contributed by atoms with Gasteiger partial charge in [-0.2, -0.15) is 0 Å². The zero-order valence-corrected chi connectivity index (χ0v) is 10.2. The summed E-state index contributed by atoms with van der Waals surface area (Å²) in [6, 6.07) is 5.91. The van der Waals surface area contributed by atoms with Crippen LogP contribution in [0.4, 0.5) is 0 Å². The van der Waals surface area contributed by atoms with E-state index in [4.69, 9.17) is 0 Å². The average molecular weight is 219 g/mol. The summed E-state index contributed by atoms with van der Waals surface area (Å²) in [6.45, 7) is 4.44. The molecule has 0 spiro atoms. The van der Waals surface area contributed by atoms with Gasteiger partial charge < -0.3 is 5.11 Å². The van der Waals surface area contributed by atoms with Crippen molar-refractivity contribution in [2.75, 3.05) is 0 Å². The highest BCUT2D eigenvalue weighted by Gasteiger charge is 2.38. The zero-order chi connectivity index (χ0) is 11.6. The van der Waals surface area contributed by atoms with Crippen LogP contribution < -0.4 is 0 Å². The fourth-order valence-electron chi connectivity index (χ4n) is 2.76. The average Bonchev–Trinajstić information content (AvgIpc) is 2.26. The maximum atomic E-state index is 10.7. The summed E-state index contributed by atoms with van der Waals surface area (Å²) < 4.78 is 0. The number of pyridine rings is 1. The number of hydrogen-bond acceptors (Lipinski definition) is 2. The molecule has 0 aromatic carbocycles. The Bertz CT molecular complexity index is 338. The first-order chi connectivity index (χ1) is 7.60. The van der Waals surface area contributed by atoms with Crippen molar-refractivity contribution in [2.45, 2.75) is 45.1 Å². The second kappa shape index (κ2) is 4.54. The molecular formula is C14H21NO. The summed E-state index contributed by atoms with van der Waals surface area (Å²) >= 11 is 0. The Labute approximate surface area is 97.7 Å². The second-order valence-electron chi connectivity index (χ2n) is 5.38. The quantitative estimate of drug-likeness (QED) is 0.829. The molecule has 1 heterocycles. The highest BCUT2D eigenvalue weighted by atomic mass is 16.3. The van der Waals surface area contributed by atoms with Gasteiger partial charge in [0, 0.05) is 18.3 Å². The summed E-state index contributed by atoms with van der Waals surface area (Å²) in [7, 11) is 0. The van der Waals surface area contributed by atoms with Crippen LogP contribution in [0.15, 0.2) is 24.4 Å². The highest BCUT2D eigenvalue weighted by molar-refractivity contribution is 5.08. The molecule has 2 rings (SSSR count). The first-order valence-electron chi connectivity index (χ1n) is 6.22. The SMILES string of the molecule is CC1CCC(O)(Cc2ccccn2)C(C)C1. The van der Waals surface area contributed by atoms with Crippen LogP contribution in [0.2, 0.25) is 0 Å². The Kier molecular flexibility index (Phi) is 3.29. The molecule has 2 nitrogen and oxygen atoms in total. The molecule has 2 heteroatoms. The molecule has 0 saturated heterocycles. The first-order valence-corrected chi connectivity index (χ1v) is 6.22. The van der Waals surface area contributed by atoms with Gasteiger partial charge in [0.05, 0.1) is 5.60 Å². The van der Waals surface area contributed by atoms with Gasteiger partial charge in [-0.1, -0.05) is 19.9 Å². The van der Waals surface area contributed by atoms with Crippen LogP contribution in [0, 0.1) is 11.8 Å². The van der Waals surface area contributed by atoms with E-state index in [1.807, 2.05) is 18.2 Å². The summed E-state index contributed by atoms with van der Waals surface area (Å²) in [5.74, 6) is 1.12. The van der Waals surface area contributed by atoms with E-state index in [1.165, 1.54) is 0 Å². The minimum atomic E-state index is -0.541. The van der Waals surface area contributed by atoms with Gasteiger partial charge in [0.1, 0.15) is 0 Å². The lowest BCUT2D eigenvalue weighted by molar-refractivity contribution is -0.0528. The van der Waals surface area contributed by atoms with Gasteiger partial charge in [0.15, 0.2) is 0 Å². The molecule has 0 radical (unpaired) electrons. The molecule has 3 unspecified atom stereocenters. The largest absolute Gasteiger partial charge is 0.389 e. The monoisotopic (exact) mass is 219 g/mol. The molecule has 1 aromatic rings. The molecule has 1 fully saturated rings. The molecule has 16 heavy (non-hydrogen) atoms. The third-order valence-corrected chi connectivity index (χ3v) is 3.96. The van der Waals surface area contributed by atoms with Crippen LogP contribution in [-0.4, -0.2) is 15.7 Å². The number of nitrogens with zero attached hydrogens (tertiary/aromatic N) is 1. The maximum absolute atomic E-state index is 10.7. The van der Waals surface area contributed by atoms with Gasteiger partial charge in [0.2, 0.25) is 0 Å². The van der Waals surface area contributed by atoms with Gasteiger partial charge >= 0.3 is 0 Å². The molecule has 3 atom stereocenters. The lowest BCUT2D eigenvalue weighted by Crippen LogP contribution is -2.43. The molecule has 1 aromatic heterocycles. The smallest absolute Gasteiger partial charge is 0.0728 e. The third-order valence-electron chi connectivity index (χ3n) is 3.96. The molecular weight excluding hydrogens is 198 g/mol. The topological polar surface area (TPSA) is 33.1 Å². The Hall–Kier alpha value is -0.890. The van der Waals surface area contributed by atoms with Crippen molar-refractivity contribution in [1.82, 2.24) is 4.98 Å². The Morgan fingerprint density at radius 1 is 1.44 bits per heavy atom. The number of rotatable bonds is 2. The van der Waals surface area contributed by atoms with Crippen LogP contribution in [0.1, 0.15) is 38.8 Å². The second-order valence-corrected chi connectivity index (χ2v) is 5.38. The van der Waals surface area contributed by atoms with Crippen LogP contribution in [0.25, 0.3) is 0 Å². The molecule has 1 aliphatic carbocycles. The lowest BCUT2D eigenvalue weighted by atomic mass is 9.70. The minimum Gasteiger partial charge on any atom is -0.389 e. The molecule has 1 N–H and O–H groups in total. The van der Waals surface area contributed by atoms with Gasteiger partial charge in [-0.3, -0.25) is 4.98 Å². The Morgan fingerprint density at radius 3 is 2.88 bits per heavy atom. The molecule has 1 saturated carbocycles.